The third-order valence-corrected chi connectivity index (χ3v) is 3.15. The molecule has 0 fully saturated rings. The number of nitrogens with zero attached hydrogens (tertiary/aromatic N) is 2. The van der Waals surface area contributed by atoms with Crippen LogP contribution in [-0.4, -0.2) is 9.97 Å². The summed E-state index contributed by atoms with van der Waals surface area (Å²) in [5.41, 5.74) is 6.32. The van der Waals surface area contributed by atoms with Crippen molar-refractivity contribution in [1.29, 1.82) is 0 Å². The van der Waals surface area contributed by atoms with Crippen molar-refractivity contribution < 1.29 is 8.78 Å². The predicted molar refractivity (Wildman–Crippen MR) is 78.3 cm³/mol. The van der Waals surface area contributed by atoms with E-state index in [9.17, 15) is 8.78 Å². The van der Waals surface area contributed by atoms with Gasteiger partial charge in [-0.25, -0.2) is 13.8 Å². The second kappa shape index (κ2) is 4.97. The first-order valence-corrected chi connectivity index (χ1v) is 6.30. The summed E-state index contributed by atoms with van der Waals surface area (Å²) in [6, 6.07) is 9.67. The molecule has 3 rings (SSSR count). The Bertz CT molecular complexity index is 833. The van der Waals surface area contributed by atoms with Gasteiger partial charge < -0.3 is 11.1 Å². The van der Waals surface area contributed by atoms with Crippen LogP contribution in [0.5, 0.6) is 0 Å². The SMILES string of the molecule is Cc1ccc(F)c(Nc2nc(N)nc3ccccc23)c1F. The van der Waals surface area contributed by atoms with Gasteiger partial charge in [0.2, 0.25) is 5.95 Å². The number of nitrogens with two attached hydrogens (primary N) is 1. The van der Waals surface area contributed by atoms with Crippen molar-refractivity contribution in [1.82, 2.24) is 9.97 Å². The number of benzene rings is 2. The molecule has 0 atom stereocenters. The molecule has 3 N–H and O–H groups in total. The van der Waals surface area contributed by atoms with Crippen molar-refractivity contribution in [2.75, 3.05) is 11.1 Å². The molecule has 6 heteroatoms. The number of rotatable bonds is 2. The summed E-state index contributed by atoms with van der Waals surface area (Å²) in [5, 5.41) is 3.32. The Morgan fingerprint density at radius 2 is 1.81 bits per heavy atom. The molecule has 3 aromatic rings. The highest BCUT2D eigenvalue weighted by Crippen LogP contribution is 2.28. The van der Waals surface area contributed by atoms with Gasteiger partial charge in [-0.05, 0) is 30.7 Å². The molecule has 0 unspecified atom stereocenters. The molecule has 0 amide bonds. The molecule has 0 saturated heterocycles. The van der Waals surface area contributed by atoms with Gasteiger partial charge in [0.25, 0.3) is 0 Å². The molecule has 4 nitrogen and oxygen atoms in total. The largest absolute Gasteiger partial charge is 0.368 e. The number of hydrogen-bond acceptors (Lipinski definition) is 4. The maximum Gasteiger partial charge on any atom is 0.222 e. The van der Waals surface area contributed by atoms with Crippen LogP contribution < -0.4 is 11.1 Å². The fraction of sp³-hybridized carbons (Fsp3) is 0.0667. The smallest absolute Gasteiger partial charge is 0.222 e. The van der Waals surface area contributed by atoms with Crippen LogP contribution in [0, 0.1) is 18.6 Å². The summed E-state index contributed by atoms with van der Waals surface area (Å²) >= 11 is 0. The number of nitrogen functional groups attached to an aromatic ring is 1. The number of aryl methyl sites for hydroxylation is 1. The van der Waals surface area contributed by atoms with E-state index in [0.717, 1.165) is 0 Å². The monoisotopic (exact) mass is 286 g/mol. The second-order valence-corrected chi connectivity index (χ2v) is 4.63. The lowest BCUT2D eigenvalue weighted by molar-refractivity contribution is 0.585. The van der Waals surface area contributed by atoms with Crippen molar-refractivity contribution in [3.63, 3.8) is 0 Å². The Labute approximate surface area is 119 Å². The molecule has 0 bridgehead atoms. The number of halogens is 2. The maximum atomic E-state index is 14.1. The van der Waals surface area contributed by atoms with Crippen LogP contribution in [0.15, 0.2) is 36.4 Å². The zero-order valence-electron chi connectivity index (χ0n) is 11.2. The van der Waals surface area contributed by atoms with Crippen molar-refractivity contribution >= 4 is 28.4 Å². The van der Waals surface area contributed by atoms with Crippen LogP contribution in [0.3, 0.4) is 0 Å². The molecular weight excluding hydrogens is 274 g/mol. The Kier molecular flexibility index (Phi) is 3.13. The standard InChI is InChI=1S/C15H12F2N4/c1-8-6-7-10(16)13(12(8)17)20-14-9-4-2-3-5-11(9)19-15(18)21-14/h2-7H,1H3,(H3,18,19,20,21). The van der Waals surface area contributed by atoms with E-state index < -0.39 is 11.6 Å². The highest BCUT2D eigenvalue weighted by Gasteiger charge is 2.14. The number of para-hydroxylation sites is 1. The summed E-state index contributed by atoms with van der Waals surface area (Å²) in [4.78, 5) is 8.11. The molecule has 1 heterocycles. The van der Waals surface area contributed by atoms with Crippen LogP contribution in [0.4, 0.5) is 26.2 Å². The van der Waals surface area contributed by atoms with E-state index in [1.54, 1.807) is 31.2 Å². The normalized spacial score (nSPS) is 10.8. The van der Waals surface area contributed by atoms with E-state index in [0.29, 0.717) is 16.5 Å². The first kappa shape index (κ1) is 13.2. The van der Waals surface area contributed by atoms with Gasteiger partial charge in [0.15, 0.2) is 5.82 Å². The van der Waals surface area contributed by atoms with Gasteiger partial charge in [-0.1, -0.05) is 18.2 Å². The van der Waals surface area contributed by atoms with Gasteiger partial charge in [0.05, 0.1) is 5.52 Å². The Balaban J connectivity index is 2.17. The van der Waals surface area contributed by atoms with E-state index in [4.69, 9.17) is 5.73 Å². The zero-order valence-corrected chi connectivity index (χ0v) is 11.2. The summed E-state index contributed by atoms with van der Waals surface area (Å²) < 4.78 is 27.9. The van der Waals surface area contributed by atoms with E-state index >= 15 is 0 Å². The lowest BCUT2D eigenvalue weighted by atomic mass is 10.2. The maximum absolute atomic E-state index is 14.1. The number of hydrogen-bond donors (Lipinski definition) is 2. The Morgan fingerprint density at radius 1 is 1.05 bits per heavy atom. The van der Waals surface area contributed by atoms with E-state index in [1.807, 2.05) is 0 Å². The van der Waals surface area contributed by atoms with Crippen molar-refractivity contribution in [3.8, 4) is 0 Å². The summed E-state index contributed by atoms with van der Waals surface area (Å²) in [6.07, 6.45) is 0. The average Bonchev–Trinajstić information content (AvgIpc) is 2.47. The van der Waals surface area contributed by atoms with Crippen LogP contribution in [0.1, 0.15) is 5.56 Å². The fourth-order valence-corrected chi connectivity index (χ4v) is 2.08. The molecule has 0 aliphatic rings. The Morgan fingerprint density at radius 3 is 2.62 bits per heavy atom. The molecule has 21 heavy (non-hydrogen) atoms. The van der Waals surface area contributed by atoms with Crippen LogP contribution in [0.2, 0.25) is 0 Å². The second-order valence-electron chi connectivity index (χ2n) is 4.63. The minimum atomic E-state index is -0.695. The van der Waals surface area contributed by atoms with Crippen molar-refractivity contribution in [2.24, 2.45) is 0 Å². The Hall–Kier alpha value is -2.76. The van der Waals surface area contributed by atoms with Crippen LogP contribution in [-0.2, 0) is 0 Å². The minimum absolute atomic E-state index is 0.0321. The van der Waals surface area contributed by atoms with E-state index in [2.05, 4.69) is 15.3 Å². The summed E-state index contributed by atoms with van der Waals surface area (Å²) in [5.74, 6) is -1.05. The lowest BCUT2D eigenvalue weighted by Gasteiger charge is -2.12. The first-order valence-electron chi connectivity index (χ1n) is 6.30. The summed E-state index contributed by atoms with van der Waals surface area (Å²) in [7, 11) is 0. The molecule has 0 radical (unpaired) electrons. The number of aromatic nitrogens is 2. The number of fused-ring (bicyclic) bond motifs is 1. The van der Waals surface area contributed by atoms with E-state index in [1.165, 1.54) is 12.1 Å². The molecule has 0 aliphatic heterocycles. The molecule has 1 aromatic heterocycles. The average molecular weight is 286 g/mol. The van der Waals surface area contributed by atoms with Gasteiger partial charge in [-0.15, -0.1) is 0 Å². The third kappa shape index (κ3) is 2.35. The zero-order chi connectivity index (χ0) is 15.0. The first-order chi connectivity index (χ1) is 10.1. The molecule has 106 valence electrons. The topological polar surface area (TPSA) is 63.8 Å². The summed E-state index contributed by atoms with van der Waals surface area (Å²) in [6.45, 7) is 1.56. The highest BCUT2D eigenvalue weighted by molar-refractivity contribution is 5.91. The van der Waals surface area contributed by atoms with Gasteiger partial charge in [0.1, 0.15) is 17.3 Å². The van der Waals surface area contributed by atoms with Crippen molar-refractivity contribution in [2.45, 2.75) is 6.92 Å². The minimum Gasteiger partial charge on any atom is -0.368 e. The van der Waals surface area contributed by atoms with Gasteiger partial charge in [0, 0.05) is 5.39 Å². The highest BCUT2D eigenvalue weighted by atomic mass is 19.1. The molecule has 2 aromatic carbocycles. The van der Waals surface area contributed by atoms with E-state index in [-0.39, 0.29) is 17.5 Å². The van der Waals surface area contributed by atoms with Crippen LogP contribution >= 0.6 is 0 Å². The van der Waals surface area contributed by atoms with Crippen molar-refractivity contribution in [3.05, 3.63) is 53.6 Å². The molecular formula is C15H12F2N4. The number of nitrogens with one attached hydrogen (secondary N) is 1. The quantitative estimate of drug-likeness (QED) is 0.756. The van der Waals surface area contributed by atoms with Gasteiger partial charge in [-0.2, -0.15) is 4.98 Å². The van der Waals surface area contributed by atoms with Gasteiger partial charge in [-0.3, -0.25) is 0 Å². The molecule has 0 saturated carbocycles. The van der Waals surface area contributed by atoms with Crippen LogP contribution in [0.25, 0.3) is 10.9 Å². The van der Waals surface area contributed by atoms with Gasteiger partial charge >= 0.3 is 0 Å². The number of anilines is 3. The third-order valence-electron chi connectivity index (χ3n) is 3.15. The molecule has 0 aliphatic carbocycles. The predicted octanol–water partition coefficient (Wildman–Crippen LogP) is 3.54. The lowest BCUT2D eigenvalue weighted by Crippen LogP contribution is -2.04. The molecule has 0 spiro atoms. The fourth-order valence-electron chi connectivity index (χ4n) is 2.08.